The molecule has 0 radical (unpaired) electrons. The van der Waals surface area contributed by atoms with Gasteiger partial charge in [-0.15, -0.1) is 0 Å². The maximum absolute atomic E-state index is 14.0. The van der Waals surface area contributed by atoms with E-state index in [2.05, 4.69) is 40.7 Å². The second-order valence-corrected chi connectivity index (χ2v) is 14.0. The molecule has 0 aromatic heterocycles. The van der Waals surface area contributed by atoms with Crippen LogP contribution in [0.2, 0.25) is 0 Å². The van der Waals surface area contributed by atoms with Gasteiger partial charge in [-0.1, -0.05) is 58.1 Å². The van der Waals surface area contributed by atoms with Crippen LogP contribution in [0, 0.1) is 23.7 Å². The maximum atomic E-state index is 14.0. The molecule has 4 aliphatic heterocycles. The Morgan fingerprint density at radius 2 is 1.91 bits per heavy atom. The molecule has 9 nitrogen and oxygen atoms in total. The lowest BCUT2D eigenvalue weighted by Crippen LogP contribution is -2.58. The molecule has 2 N–H and O–H groups in total. The summed E-state index contributed by atoms with van der Waals surface area (Å²) < 4.78 is 37.2. The number of fused-ring (bicyclic) bond motifs is 2. The second kappa shape index (κ2) is 13.5. The molecule has 3 fully saturated rings. The van der Waals surface area contributed by atoms with Crippen molar-refractivity contribution >= 4 is 5.97 Å². The van der Waals surface area contributed by atoms with E-state index < -0.39 is 41.6 Å². The van der Waals surface area contributed by atoms with Gasteiger partial charge in [0.25, 0.3) is 0 Å². The minimum atomic E-state index is -1.75. The van der Waals surface area contributed by atoms with Gasteiger partial charge in [0.2, 0.25) is 0 Å². The van der Waals surface area contributed by atoms with E-state index in [4.69, 9.17) is 28.4 Å². The zero-order valence-corrected chi connectivity index (χ0v) is 27.4. The van der Waals surface area contributed by atoms with Gasteiger partial charge < -0.3 is 38.6 Å². The van der Waals surface area contributed by atoms with Crippen LogP contribution in [-0.4, -0.2) is 84.7 Å². The molecule has 44 heavy (non-hydrogen) atoms. The Bertz CT molecular complexity index is 1170. The lowest BCUT2D eigenvalue weighted by atomic mass is 9.71. The Labute approximate surface area is 262 Å². The number of rotatable bonds is 4. The fraction of sp³-hybridized carbons (Fsp3) is 0.743. The van der Waals surface area contributed by atoms with Crippen LogP contribution in [0.1, 0.15) is 73.6 Å². The first-order valence-electron chi connectivity index (χ1n) is 16.3. The molecule has 4 heterocycles. The second-order valence-electron chi connectivity index (χ2n) is 14.0. The van der Waals surface area contributed by atoms with Crippen LogP contribution in [0.15, 0.2) is 47.1 Å². The van der Waals surface area contributed by atoms with Gasteiger partial charge in [-0.3, -0.25) is 4.79 Å². The van der Waals surface area contributed by atoms with Gasteiger partial charge in [0.05, 0.1) is 24.9 Å². The SMILES string of the molecule is COCO[C@H]1/C(C)=C/CC2CC(C[C@]3(CCC(C)C(C(C)C)O3)O2)OC(=O)[C@@H]2C=C(C)[C@@H](O)C3OC/C(=C\C=C\C1C)C32O. The highest BCUT2D eigenvalue weighted by Gasteiger charge is 2.60. The van der Waals surface area contributed by atoms with Gasteiger partial charge in [0.1, 0.15) is 36.6 Å². The molecule has 5 rings (SSSR count). The number of carbonyl (C=O) groups excluding carboxylic acids is 1. The van der Waals surface area contributed by atoms with Crippen molar-refractivity contribution in [2.45, 2.75) is 122 Å². The Morgan fingerprint density at radius 1 is 1.14 bits per heavy atom. The van der Waals surface area contributed by atoms with Crippen LogP contribution in [0.4, 0.5) is 0 Å². The molecule has 0 aromatic carbocycles. The average Bonchev–Trinajstić information content (AvgIpc) is 3.31. The van der Waals surface area contributed by atoms with Crippen LogP contribution in [0.5, 0.6) is 0 Å². The minimum Gasteiger partial charge on any atom is -0.462 e. The molecule has 11 atom stereocenters. The highest BCUT2D eigenvalue weighted by Crippen LogP contribution is 2.47. The molecule has 0 amide bonds. The summed E-state index contributed by atoms with van der Waals surface area (Å²) in [5, 5.41) is 23.2. The van der Waals surface area contributed by atoms with E-state index in [0.29, 0.717) is 48.7 Å². The topological polar surface area (TPSA) is 113 Å². The van der Waals surface area contributed by atoms with Crippen molar-refractivity contribution in [2.75, 3.05) is 20.5 Å². The zero-order chi connectivity index (χ0) is 31.8. The van der Waals surface area contributed by atoms with E-state index in [1.54, 1.807) is 26.2 Å². The molecule has 2 bridgehead atoms. The quantitative estimate of drug-likeness (QED) is 0.262. The van der Waals surface area contributed by atoms with Gasteiger partial charge in [0.15, 0.2) is 5.79 Å². The fourth-order valence-corrected chi connectivity index (χ4v) is 7.85. The summed E-state index contributed by atoms with van der Waals surface area (Å²) in [4.78, 5) is 14.0. The van der Waals surface area contributed by atoms with Crippen molar-refractivity contribution in [1.82, 2.24) is 0 Å². The van der Waals surface area contributed by atoms with Crippen LogP contribution in [0.25, 0.3) is 0 Å². The van der Waals surface area contributed by atoms with E-state index in [9.17, 15) is 15.0 Å². The Morgan fingerprint density at radius 3 is 2.64 bits per heavy atom. The summed E-state index contributed by atoms with van der Waals surface area (Å²) in [6, 6.07) is 0. The minimum absolute atomic E-state index is 0.0277. The first-order chi connectivity index (χ1) is 20.9. The number of hydrogen-bond acceptors (Lipinski definition) is 9. The number of aliphatic hydroxyl groups is 2. The summed E-state index contributed by atoms with van der Waals surface area (Å²) in [7, 11) is 1.61. The Balaban J connectivity index is 1.55. The molecule has 246 valence electrons. The van der Waals surface area contributed by atoms with Crippen molar-refractivity contribution in [3.8, 4) is 0 Å². The van der Waals surface area contributed by atoms with E-state index in [-0.39, 0.29) is 37.6 Å². The molecule has 5 aliphatic rings. The van der Waals surface area contributed by atoms with Gasteiger partial charge in [-0.05, 0) is 55.2 Å². The summed E-state index contributed by atoms with van der Waals surface area (Å²) in [6.07, 6.45) is 9.71. The van der Waals surface area contributed by atoms with Crippen molar-refractivity contribution in [3.05, 3.63) is 47.1 Å². The van der Waals surface area contributed by atoms with Crippen molar-refractivity contribution in [3.63, 3.8) is 0 Å². The summed E-state index contributed by atoms with van der Waals surface area (Å²) >= 11 is 0. The number of aliphatic hydroxyl groups excluding tert-OH is 1. The van der Waals surface area contributed by atoms with E-state index in [1.807, 2.05) is 12.2 Å². The van der Waals surface area contributed by atoms with Crippen molar-refractivity contribution in [1.29, 1.82) is 0 Å². The molecule has 9 heteroatoms. The number of ether oxygens (including phenoxy) is 6. The summed E-state index contributed by atoms with van der Waals surface area (Å²) in [6.45, 7) is 12.7. The number of esters is 1. The van der Waals surface area contributed by atoms with Gasteiger partial charge in [0, 0.05) is 32.3 Å². The Kier molecular flexibility index (Phi) is 10.3. The van der Waals surface area contributed by atoms with Crippen LogP contribution in [-0.2, 0) is 33.2 Å². The highest BCUT2D eigenvalue weighted by atomic mass is 16.7. The first kappa shape index (κ1) is 33.5. The monoisotopic (exact) mass is 616 g/mol. The third kappa shape index (κ3) is 6.52. The third-order valence-corrected chi connectivity index (χ3v) is 10.3. The molecule has 7 unspecified atom stereocenters. The Hall–Kier alpha value is -1.85. The summed E-state index contributed by atoms with van der Waals surface area (Å²) in [5.41, 5.74) is 0.401. The zero-order valence-electron chi connectivity index (χ0n) is 27.4. The molecular formula is C35H52O9. The van der Waals surface area contributed by atoms with Crippen LogP contribution in [0.3, 0.4) is 0 Å². The number of hydrogen-bond donors (Lipinski definition) is 2. The number of carbonyl (C=O) groups is 1. The number of methoxy groups -OCH3 is 1. The normalized spacial score (nSPS) is 46.4. The maximum Gasteiger partial charge on any atom is 0.316 e. The molecule has 3 saturated heterocycles. The van der Waals surface area contributed by atoms with E-state index in [1.165, 1.54) is 0 Å². The predicted octanol–water partition coefficient (Wildman–Crippen LogP) is 4.77. The predicted molar refractivity (Wildman–Crippen MR) is 164 cm³/mol. The summed E-state index contributed by atoms with van der Waals surface area (Å²) in [5.74, 6) is -1.74. The van der Waals surface area contributed by atoms with Crippen LogP contribution < -0.4 is 0 Å². The first-order valence-corrected chi connectivity index (χ1v) is 16.3. The molecule has 1 spiro atoms. The third-order valence-electron chi connectivity index (χ3n) is 10.3. The van der Waals surface area contributed by atoms with E-state index >= 15 is 0 Å². The average molecular weight is 617 g/mol. The van der Waals surface area contributed by atoms with E-state index in [0.717, 1.165) is 12.0 Å². The number of allylic oxidation sites excluding steroid dienone is 2. The standard InChI is InChI=1S/C35H52O9/c1-20(2)30-23(5)13-14-34(44-30)17-27-16-26(43-34)12-11-22(4)31(41-19-39-7)21(3)9-8-10-25-18-40-32-29(36)24(6)15-28(33(37)42-27)35(25,32)38/h8-11,15,20-21,23,26-32,36,38H,12-14,16-19H2,1-7H3/b9-8+,22-11+,25-10+/t21?,23?,26?,27?,28-,29+,30?,31+,32?,34+,35?/m0/s1. The molecule has 0 saturated carbocycles. The smallest absolute Gasteiger partial charge is 0.316 e. The van der Waals surface area contributed by atoms with Gasteiger partial charge in [-0.25, -0.2) is 0 Å². The molecule has 1 aliphatic carbocycles. The largest absolute Gasteiger partial charge is 0.462 e. The molecular weight excluding hydrogens is 564 g/mol. The lowest BCUT2D eigenvalue weighted by molar-refractivity contribution is -0.340. The van der Waals surface area contributed by atoms with Crippen molar-refractivity contribution < 1.29 is 43.4 Å². The lowest BCUT2D eigenvalue weighted by Gasteiger charge is -2.50. The van der Waals surface area contributed by atoms with Gasteiger partial charge in [-0.2, -0.15) is 0 Å². The highest BCUT2D eigenvalue weighted by molar-refractivity contribution is 5.78. The van der Waals surface area contributed by atoms with Crippen LogP contribution >= 0.6 is 0 Å². The van der Waals surface area contributed by atoms with Gasteiger partial charge >= 0.3 is 5.97 Å². The van der Waals surface area contributed by atoms with Crippen molar-refractivity contribution in [2.24, 2.45) is 23.7 Å². The molecule has 0 aromatic rings. The fourth-order valence-electron chi connectivity index (χ4n) is 7.85.